The number of aromatic nitrogens is 2. The van der Waals surface area contributed by atoms with Crippen LogP contribution in [0.2, 0.25) is 0 Å². The molecule has 0 unspecified atom stereocenters. The van der Waals surface area contributed by atoms with Crippen LogP contribution in [0.5, 0.6) is 5.75 Å². The van der Waals surface area contributed by atoms with Gasteiger partial charge in [0.25, 0.3) is 0 Å². The zero-order valence-electron chi connectivity index (χ0n) is 19.1. The van der Waals surface area contributed by atoms with E-state index < -0.39 is 0 Å². The van der Waals surface area contributed by atoms with E-state index in [1.54, 1.807) is 7.11 Å². The monoisotopic (exact) mass is 421 g/mol. The number of carbonyl (C=O) groups is 1. The molecule has 0 spiro atoms. The summed E-state index contributed by atoms with van der Waals surface area (Å²) >= 11 is 0. The summed E-state index contributed by atoms with van der Waals surface area (Å²) in [6, 6.07) is 16.6. The van der Waals surface area contributed by atoms with Gasteiger partial charge in [-0.2, -0.15) is 0 Å². The van der Waals surface area contributed by atoms with Gasteiger partial charge in [0, 0.05) is 25.4 Å². The Morgan fingerprint density at radius 3 is 2.48 bits per heavy atom. The van der Waals surface area contributed by atoms with E-state index in [1.165, 1.54) is 11.1 Å². The van der Waals surface area contributed by atoms with Gasteiger partial charge < -0.3 is 14.6 Å². The molecule has 0 aliphatic carbocycles. The Morgan fingerprint density at radius 2 is 1.77 bits per heavy atom. The molecule has 0 saturated carbocycles. The molecule has 1 N–H and O–H groups in total. The number of hydrogen-bond donors (Lipinski definition) is 1. The molecule has 0 aliphatic heterocycles. The van der Waals surface area contributed by atoms with E-state index in [4.69, 9.17) is 9.72 Å². The molecule has 5 heteroatoms. The normalized spacial score (nSPS) is 11.2. The maximum absolute atomic E-state index is 12.1. The number of carbonyl (C=O) groups excluding carboxylic acids is 1. The van der Waals surface area contributed by atoms with Crippen LogP contribution in [0.3, 0.4) is 0 Å². The summed E-state index contributed by atoms with van der Waals surface area (Å²) in [7, 11) is 1.69. The Labute approximate surface area is 185 Å². The second kappa shape index (κ2) is 11.5. The van der Waals surface area contributed by atoms with Crippen LogP contribution in [0.15, 0.2) is 48.5 Å². The number of hydrogen-bond acceptors (Lipinski definition) is 3. The number of imidazole rings is 1. The van der Waals surface area contributed by atoms with Gasteiger partial charge >= 0.3 is 0 Å². The second-order valence-corrected chi connectivity index (χ2v) is 8.07. The third-order valence-electron chi connectivity index (χ3n) is 5.97. The molecule has 0 radical (unpaired) electrons. The van der Waals surface area contributed by atoms with Crippen LogP contribution < -0.4 is 10.1 Å². The molecule has 1 amide bonds. The minimum absolute atomic E-state index is 0.151. The van der Waals surface area contributed by atoms with Crippen LogP contribution in [0.4, 0.5) is 0 Å². The first-order chi connectivity index (χ1) is 15.2. The van der Waals surface area contributed by atoms with Crippen LogP contribution in [0, 0.1) is 5.92 Å². The van der Waals surface area contributed by atoms with Crippen LogP contribution in [-0.2, 0) is 17.8 Å². The van der Waals surface area contributed by atoms with Crippen molar-refractivity contribution in [2.45, 2.75) is 58.9 Å². The minimum atomic E-state index is 0.151. The van der Waals surface area contributed by atoms with E-state index in [0.717, 1.165) is 68.7 Å². The molecule has 0 saturated heterocycles. The first-order valence-electron chi connectivity index (χ1n) is 11.5. The lowest BCUT2D eigenvalue weighted by atomic mass is 10.0. The van der Waals surface area contributed by atoms with Gasteiger partial charge in [-0.25, -0.2) is 4.98 Å². The second-order valence-electron chi connectivity index (χ2n) is 8.07. The minimum Gasteiger partial charge on any atom is -0.497 e. The molecule has 3 aromatic rings. The number of para-hydroxylation sites is 2. The predicted octanol–water partition coefficient (Wildman–Crippen LogP) is 5.36. The number of unbranched alkanes of at least 4 members (excludes halogenated alkanes) is 2. The van der Waals surface area contributed by atoms with E-state index in [0.29, 0.717) is 0 Å². The Balaban J connectivity index is 1.57. The van der Waals surface area contributed by atoms with Gasteiger partial charge in [0.05, 0.1) is 18.1 Å². The summed E-state index contributed by atoms with van der Waals surface area (Å²) in [5.41, 5.74) is 3.45. The van der Waals surface area contributed by atoms with Gasteiger partial charge in [-0.05, 0) is 55.5 Å². The molecule has 0 fully saturated rings. The quantitative estimate of drug-likeness (QED) is 0.401. The van der Waals surface area contributed by atoms with Crippen molar-refractivity contribution >= 4 is 16.9 Å². The zero-order valence-corrected chi connectivity index (χ0v) is 19.1. The molecule has 1 heterocycles. The Bertz CT molecular complexity index is 958. The number of methoxy groups -OCH3 is 1. The molecule has 1 aromatic heterocycles. The average Bonchev–Trinajstić information content (AvgIpc) is 3.14. The van der Waals surface area contributed by atoms with Crippen molar-refractivity contribution in [2.24, 2.45) is 5.92 Å². The molecular formula is C26H35N3O2. The molecule has 2 aromatic carbocycles. The highest BCUT2D eigenvalue weighted by Crippen LogP contribution is 2.21. The summed E-state index contributed by atoms with van der Waals surface area (Å²) in [5, 5.41) is 3.09. The SMILES string of the molecule is CCC(CC)C(=O)NCCCCCc1nc2ccccc2n1Cc1ccc(OC)cc1. The maximum atomic E-state index is 12.1. The van der Waals surface area contributed by atoms with Gasteiger partial charge in [-0.15, -0.1) is 0 Å². The van der Waals surface area contributed by atoms with Crippen LogP contribution >= 0.6 is 0 Å². The average molecular weight is 422 g/mol. The fourth-order valence-electron chi connectivity index (χ4n) is 4.01. The molecule has 5 nitrogen and oxygen atoms in total. The lowest BCUT2D eigenvalue weighted by molar-refractivity contribution is -0.125. The number of ether oxygens (including phenoxy) is 1. The summed E-state index contributed by atoms with van der Waals surface area (Å²) in [5.74, 6) is 2.35. The molecule has 3 rings (SSSR count). The van der Waals surface area contributed by atoms with Crippen molar-refractivity contribution in [1.82, 2.24) is 14.9 Å². The summed E-state index contributed by atoms with van der Waals surface area (Å²) in [6.45, 7) is 5.71. The topological polar surface area (TPSA) is 56.2 Å². The fourth-order valence-corrected chi connectivity index (χ4v) is 4.01. The Hall–Kier alpha value is -2.82. The van der Waals surface area contributed by atoms with Gasteiger partial charge in [0.15, 0.2) is 0 Å². The molecule has 0 aliphatic rings. The van der Waals surface area contributed by atoms with Crippen molar-refractivity contribution in [3.05, 3.63) is 59.9 Å². The van der Waals surface area contributed by atoms with Crippen LogP contribution in [0.25, 0.3) is 11.0 Å². The van der Waals surface area contributed by atoms with Crippen molar-refractivity contribution in [3.63, 3.8) is 0 Å². The zero-order chi connectivity index (χ0) is 22.1. The van der Waals surface area contributed by atoms with Gasteiger partial charge in [0.2, 0.25) is 5.91 Å². The molecule has 0 bridgehead atoms. The Kier molecular flexibility index (Phi) is 8.51. The molecular weight excluding hydrogens is 386 g/mol. The van der Waals surface area contributed by atoms with E-state index in [2.05, 4.69) is 54.1 Å². The van der Waals surface area contributed by atoms with Crippen LogP contribution in [-0.4, -0.2) is 29.1 Å². The summed E-state index contributed by atoms with van der Waals surface area (Å²) in [6.07, 6.45) is 5.90. The highest BCUT2D eigenvalue weighted by Gasteiger charge is 2.13. The number of fused-ring (bicyclic) bond motifs is 1. The van der Waals surface area contributed by atoms with Gasteiger partial charge in [0.1, 0.15) is 11.6 Å². The standard InChI is InChI=1S/C26H35N3O2/c1-4-21(5-2)26(30)27-18-10-6-7-13-25-28-23-11-8-9-12-24(23)29(25)19-20-14-16-22(31-3)17-15-20/h8-9,11-12,14-17,21H,4-7,10,13,18-19H2,1-3H3,(H,27,30). The van der Waals surface area contributed by atoms with Crippen molar-refractivity contribution in [1.29, 1.82) is 0 Å². The Morgan fingerprint density at radius 1 is 1.03 bits per heavy atom. The van der Waals surface area contributed by atoms with E-state index in [1.807, 2.05) is 18.2 Å². The third-order valence-corrected chi connectivity index (χ3v) is 5.97. The van der Waals surface area contributed by atoms with E-state index in [9.17, 15) is 4.79 Å². The highest BCUT2D eigenvalue weighted by atomic mass is 16.5. The number of aryl methyl sites for hydroxylation is 1. The first kappa shape index (κ1) is 22.9. The molecule has 0 atom stereocenters. The lowest BCUT2D eigenvalue weighted by Gasteiger charge is -2.12. The number of nitrogens with zero attached hydrogens (tertiary/aromatic N) is 2. The maximum Gasteiger partial charge on any atom is 0.223 e. The van der Waals surface area contributed by atoms with E-state index in [-0.39, 0.29) is 11.8 Å². The van der Waals surface area contributed by atoms with Crippen molar-refractivity contribution in [2.75, 3.05) is 13.7 Å². The van der Waals surface area contributed by atoms with Crippen molar-refractivity contribution in [3.8, 4) is 5.75 Å². The molecule has 31 heavy (non-hydrogen) atoms. The number of amides is 1. The van der Waals surface area contributed by atoms with Crippen molar-refractivity contribution < 1.29 is 9.53 Å². The van der Waals surface area contributed by atoms with Gasteiger partial charge in [-0.1, -0.05) is 44.5 Å². The number of rotatable bonds is 12. The van der Waals surface area contributed by atoms with Crippen LogP contribution in [0.1, 0.15) is 57.3 Å². The smallest absolute Gasteiger partial charge is 0.223 e. The highest BCUT2D eigenvalue weighted by molar-refractivity contribution is 5.78. The third kappa shape index (κ3) is 6.09. The summed E-state index contributed by atoms with van der Waals surface area (Å²) in [4.78, 5) is 17.0. The first-order valence-corrected chi connectivity index (χ1v) is 11.5. The fraction of sp³-hybridized carbons (Fsp3) is 0.462. The van der Waals surface area contributed by atoms with Gasteiger partial charge in [-0.3, -0.25) is 4.79 Å². The predicted molar refractivity (Wildman–Crippen MR) is 126 cm³/mol. The number of nitrogens with one attached hydrogen (secondary N) is 1. The lowest BCUT2D eigenvalue weighted by Crippen LogP contribution is -2.30. The largest absolute Gasteiger partial charge is 0.497 e. The number of benzene rings is 2. The van der Waals surface area contributed by atoms with E-state index >= 15 is 0 Å². The molecule has 166 valence electrons. The summed E-state index contributed by atoms with van der Waals surface area (Å²) < 4.78 is 7.60.